The van der Waals surface area contributed by atoms with Crippen LogP contribution in [0.4, 0.5) is 16.3 Å². The van der Waals surface area contributed by atoms with Gasteiger partial charge in [-0.25, -0.2) is 9.78 Å². The maximum atomic E-state index is 12.5. The molecule has 1 saturated heterocycles. The smallest absolute Gasteiger partial charge is 0.319 e. The number of benzene rings is 1. The number of rotatable bonds is 4. The van der Waals surface area contributed by atoms with E-state index in [1.54, 1.807) is 36.4 Å². The van der Waals surface area contributed by atoms with E-state index < -0.39 is 0 Å². The lowest BCUT2D eigenvalue weighted by Crippen LogP contribution is -2.39. The van der Waals surface area contributed by atoms with Crippen LogP contribution in [0.1, 0.15) is 16.8 Å². The zero-order valence-corrected chi connectivity index (χ0v) is 14.1. The highest BCUT2D eigenvalue weighted by molar-refractivity contribution is 6.30. The Morgan fingerprint density at radius 3 is 2.72 bits per heavy atom. The molecule has 8 heteroatoms. The number of pyridine rings is 1. The van der Waals surface area contributed by atoms with Gasteiger partial charge in [-0.15, -0.1) is 0 Å². The van der Waals surface area contributed by atoms with E-state index in [2.05, 4.69) is 26.3 Å². The molecule has 1 aromatic carbocycles. The number of hydrogen-bond donors (Lipinski definition) is 4. The van der Waals surface area contributed by atoms with Gasteiger partial charge in [-0.05, 0) is 37.2 Å². The number of nitrogens with zero attached hydrogens (tertiary/aromatic N) is 1. The maximum absolute atomic E-state index is 12.5. The highest BCUT2D eigenvalue weighted by Gasteiger charge is 2.18. The van der Waals surface area contributed by atoms with Crippen LogP contribution >= 0.6 is 11.6 Å². The van der Waals surface area contributed by atoms with Gasteiger partial charge >= 0.3 is 6.03 Å². The summed E-state index contributed by atoms with van der Waals surface area (Å²) in [6.07, 6.45) is 2.34. The van der Waals surface area contributed by atoms with Crippen molar-refractivity contribution in [2.45, 2.75) is 12.5 Å². The topological polar surface area (TPSA) is 95.2 Å². The number of aromatic nitrogens is 1. The van der Waals surface area contributed by atoms with E-state index in [1.165, 1.54) is 6.20 Å². The lowest BCUT2D eigenvalue weighted by atomic mass is 10.1. The van der Waals surface area contributed by atoms with Gasteiger partial charge in [0.2, 0.25) is 0 Å². The van der Waals surface area contributed by atoms with Crippen LogP contribution in [0.2, 0.25) is 5.02 Å². The number of urea groups is 1. The Bertz CT molecular complexity index is 760. The van der Waals surface area contributed by atoms with E-state index in [1.807, 2.05) is 0 Å². The Morgan fingerprint density at radius 2 is 2.00 bits per heavy atom. The van der Waals surface area contributed by atoms with Crippen LogP contribution in [0.3, 0.4) is 0 Å². The Hall–Kier alpha value is -2.64. The number of carbonyl (C=O) groups excluding carboxylic acids is 2. The fraction of sp³-hybridized carbons (Fsp3) is 0.235. The molecule has 3 amide bonds. The molecule has 1 aromatic heterocycles. The van der Waals surface area contributed by atoms with Crippen molar-refractivity contribution in [2.24, 2.45) is 0 Å². The Kier molecular flexibility index (Phi) is 5.47. The molecule has 1 aliphatic rings. The second-order valence-electron chi connectivity index (χ2n) is 5.65. The van der Waals surface area contributed by atoms with E-state index in [4.69, 9.17) is 11.6 Å². The van der Waals surface area contributed by atoms with Gasteiger partial charge in [-0.3, -0.25) is 4.79 Å². The molecule has 1 unspecified atom stereocenters. The summed E-state index contributed by atoms with van der Waals surface area (Å²) in [6, 6.07) is 9.80. The molecule has 2 heterocycles. The predicted molar refractivity (Wildman–Crippen MR) is 97.1 cm³/mol. The lowest BCUT2D eigenvalue weighted by Gasteiger charge is -2.14. The van der Waals surface area contributed by atoms with Crippen LogP contribution in [0, 0.1) is 0 Å². The number of halogens is 1. The molecule has 130 valence electrons. The number of amides is 3. The van der Waals surface area contributed by atoms with Crippen molar-refractivity contribution in [3.8, 4) is 0 Å². The van der Waals surface area contributed by atoms with E-state index in [9.17, 15) is 9.59 Å². The third kappa shape index (κ3) is 4.68. The Morgan fingerprint density at radius 1 is 1.16 bits per heavy atom. The summed E-state index contributed by atoms with van der Waals surface area (Å²) < 4.78 is 0. The summed E-state index contributed by atoms with van der Waals surface area (Å²) in [7, 11) is 0. The zero-order valence-electron chi connectivity index (χ0n) is 13.4. The molecule has 1 atom stereocenters. The first-order valence-electron chi connectivity index (χ1n) is 7.92. The first-order chi connectivity index (χ1) is 12.1. The molecule has 0 radical (unpaired) electrons. The quantitative estimate of drug-likeness (QED) is 0.674. The number of para-hydroxylation sites is 1. The van der Waals surface area contributed by atoms with Crippen LogP contribution in [0.5, 0.6) is 0 Å². The van der Waals surface area contributed by atoms with E-state index in [0.29, 0.717) is 22.1 Å². The predicted octanol–water partition coefficient (Wildman–Crippen LogP) is 2.47. The molecule has 0 saturated carbocycles. The largest absolute Gasteiger partial charge is 0.334 e. The van der Waals surface area contributed by atoms with E-state index in [0.717, 1.165) is 19.5 Å². The van der Waals surface area contributed by atoms with Gasteiger partial charge < -0.3 is 21.3 Å². The van der Waals surface area contributed by atoms with Crippen LogP contribution in [-0.2, 0) is 0 Å². The minimum absolute atomic E-state index is 0.0965. The molecule has 0 bridgehead atoms. The van der Waals surface area contributed by atoms with Crippen LogP contribution in [0.25, 0.3) is 0 Å². The van der Waals surface area contributed by atoms with Crippen LogP contribution in [0.15, 0.2) is 42.6 Å². The van der Waals surface area contributed by atoms with Crippen molar-refractivity contribution in [3.05, 3.63) is 53.2 Å². The molecule has 2 aromatic rings. The van der Waals surface area contributed by atoms with E-state index in [-0.39, 0.29) is 18.0 Å². The van der Waals surface area contributed by atoms with Crippen molar-refractivity contribution < 1.29 is 9.59 Å². The third-order valence-corrected chi connectivity index (χ3v) is 4.01. The summed E-state index contributed by atoms with van der Waals surface area (Å²) in [6.45, 7) is 1.63. The minimum Gasteiger partial charge on any atom is -0.334 e. The van der Waals surface area contributed by atoms with Gasteiger partial charge in [0.15, 0.2) is 0 Å². The number of carbonyl (C=O) groups is 2. The third-order valence-electron chi connectivity index (χ3n) is 3.78. The summed E-state index contributed by atoms with van der Waals surface area (Å²) in [5.74, 6) is 0.0129. The maximum Gasteiger partial charge on any atom is 0.319 e. The normalized spacial score (nSPS) is 16.3. The average Bonchev–Trinajstić information content (AvgIpc) is 3.10. The molecule has 4 N–H and O–H groups in total. The summed E-state index contributed by atoms with van der Waals surface area (Å²) in [5, 5.41) is 12.0. The first kappa shape index (κ1) is 17.2. The van der Waals surface area contributed by atoms with Gasteiger partial charge in [0.25, 0.3) is 5.91 Å². The minimum atomic E-state index is -0.367. The second-order valence-corrected chi connectivity index (χ2v) is 6.09. The molecule has 25 heavy (non-hydrogen) atoms. The molecule has 0 spiro atoms. The molecule has 3 rings (SSSR count). The van der Waals surface area contributed by atoms with Crippen LogP contribution in [-0.4, -0.2) is 36.1 Å². The average molecular weight is 360 g/mol. The number of nitrogens with one attached hydrogen (secondary N) is 4. The Labute approximate surface area is 150 Å². The second kappa shape index (κ2) is 7.96. The standard InChI is InChI=1S/C17H18ClN5O2/c18-11-5-6-15(20-9-11)23-16(24)13-3-1-2-4-14(13)22-17(25)21-12-7-8-19-10-12/h1-6,9,12,19H,7-8,10H2,(H,20,23,24)(H2,21,22,25). The molecule has 0 aliphatic carbocycles. The SMILES string of the molecule is O=C(Nc1ccccc1C(=O)Nc1ccc(Cl)cn1)NC1CCNC1. The number of anilines is 2. The van der Waals surface area contributed by atoms with Crippen molar-refractivity contribution in [3.63, 3.8) is 0 Å². The molecular formula is C17H18ClN5O2. The number of hydrogen-bond acceptors (Lipinski definition) is 4. The lowest BCUT2D eigenvalue weighted by molar-refractivity contribution is 0.102. The Balaban J connectivity index is 1.68. The molecular weight excluding hydrogens is 342 g/mol. The van der Waals surface area contributed by atoms with Crippen LogP contribution < -0.4 is 21.3 Å². The monoisotopic (exact) mass is 359 g/mol. The van der Waals surface area contributed by atoms with Gasteiger partial charge in [-0.1, -0.05) is 23.7 Å². The van der Waals surface area contributed by atoms with E-state index >= 15 is 0 Å². The van der Waals surface area contributed by atoms with Gasteiger partial charge in [0.1, 0.15) is 5.82 Å². The van der Waals surface area contributed by atoms with Gasteiger partial charge in [-0.2, -0.15) is 0 Å². The molecule has 1 aliphatic heterocycles. The summed E-state index contributed by atoms with van der Waals surface area (Å²) in [5.41, 5.74) is 0.774. The van der Waals surface area contributed by atoms with Gasteiger partial charge in [0, 0.05) is 18.8 Å². The summed E-state index contributed by atoms with van der Waals surface area (Å²) >= 11 is 5.78. The van der Waals surface area contributed by atoms with Crippen molar-refractivity contribution in [1.29, 1.82) is 0 Å². The van der Waals surface area contributed by atoms with Crippen molar-refractivity contribution >= 4 is 35.0 Å². The highest BCUT2D eigenvalue weighted by Crippen LogP contribution is 2.17. The van der Waals surface area contributed by atoms with Crippen molar-refractivity contribution in [1.82, 2.24) is 15.6 Å². The van der Waals surface area contributed by atoms with Gasteiger partial charge in [0.05, 0.1) is 16.3 Å². The van der Waals surface area contributed by atoms with Crippen molar-refractivity contribution in [2.75, 3.05) is 23.7 Å². The fourth-order valence-electron chi connectivity index (χ4n) is 2.55. The molecule has 7 nitrogen and oxygen atoms in total. The fourth-order valence-corrected chi connectivity index (χ4v) is 2.66. The molecule has 1 fully saturated rings. The highest BCUT2D eigenvalue weighted by atomic mass is 35.5. The summed E-state index contributed by atoms with van der Waals surface area (Å²) in [4.78, 5) is 28.6. The first-order valence-corrected chi connectivity index (χ1v) is 8.30. The zero-order chi connectivity index (χ0) is 17.6.